The van der Waals surface area contributed by atoms with E-state index in [0.29, 0.717) is 0 Å². The molecule has 2 nitrogen and oxygen atoms in total. The van der Waals surface area contributed by atoms with Gasteiger partial charge in [-0.05, 0) is 12.8 Å². The summed E-state index contributed by atoms with van der Waals surface area (Å²) in [7, 11) is 0. The number of hydrogen-bond donors (Lipinski definition) is 1. The molecule has 1 N–H and O–H groups in total. The first-order valence-electron chi connectivity index (χ1n) is 3.40. The van der Waals surface area contributed by atoms with Gasteiger partial charge in [0, 0.05) is 5.41 Å². The van der Waals surface area contributed by atoms with Crippen LogP contribution >= 0.6 is 0 Å². The van der Waals surface area contributed by atoms with Crippen molar-refractivity contribution in [3.05, 3.63) is 0 Å². The van der Waals surface area contributed by atoms with Gasteiger partial charge in [0.05, 0.1) is 6.61 Å². The smallest absolute Gasteiger partial charge is 0.128 e. The summed E-state index contributed by atoms with van der Waals surface area (Å²) in [6.07, 6.45) is 4.87. The van der Waals surface area contributed by atoms with Crippen LogP contribution in [-0.2, 0) is 4.79 Å². The molecule has 0 aromatic rings. The molecular weight excluding hydrogens is 116 g/mol. The molecule has 1 aliphatic carbocycles. The number of aldehydes is 1. The number of carbonyl (C=O) groups is 1. The van der Waals surface area contributed by atoms with E-state index in [0.717, 1.165) is 32.0 Å². The largest absolute Gasteiger partial charge is 0.395 e. The predicted octanol–water partition coefficient (Wildman–Crippen LogP) is 0.738. The van der Waals surface area contributed by atoms with Crippen LogP contribution in [-0.4, -0.2) is 18.0 Å². The molecule has 0 saturated heterocycles. The molecule has 1 fully saturated rings. The van der Waals surface area contributed by atoms with E-state index in [4.69, 9.17) is 5.11 Å². The van der Waals surface area contributed by atoms with Gasteiger partial charge in [-0.2, -0.15) is 0 Å². The lowest BCUT2D eigenvalue weighted by Crippen LogP contribution is -2.22. The van der Waals surface area contributed by atoms with Crippen LogP contribution in [0.25, 0.3) is 0 Å². The maximum atomic E-state index is 10.4. The highest BCUT2D eigenvalue weighted by atomic mass is 16.3. The zero-order chi connectivity index (χ0) is 6.74. The molecule has 0 spiro atoms. The van der Waals surface area contributed by atoms with Crippen molar-refractivity contribution in [1.82, 2.24) is 0 Å². The van der Waals surface area contributed by atoms with Gasteiger partial charge in [-0.1, -0.05) is 12.8 Å². The quantitative estimate of drug-likeness (QED) is 0.557. The Morgan fingerprint density at radius 1 is 1.44 bits per heavy atom. The normalized spacial score (nSPS) is 24.1. The first-order chi connectivity index (χ1) is 4.33. The van der Waals surface area contributed by atoms with E-state index in [9.17, 15) is 4.79 Å². The van der Waals surface area contributed by atoms with E-state index in [2.05, 4.69) is 0 Å². The third-order valence-corrected chi connectivity index (χ3v) is 2.16. The summed E-state index contributed by atoms with van der Waals surface area (Å²) >= 11 is 0. The third-order valence-electron chi connectivity index (χ3n) is 2.16. The van der Waals surface area contributed by atoms with Crippen LogP contribution in [0.3, 0.4) is 0 Å². The van der Waals surface area contributed by atoms with E-state index in [1.807, 2.05) is 0 Å². The highest BCUT2D eigenvalue weighted by molar-refractivity contribution is 5.59. The zero-order valence-corrected chi connectivity index (χ0v) is 5.47. The lowest BCUT2D eigenvalue weighted by atomic mass is 9.90. The number of aliphatic hydroxyl groups is 1. The topological polar surface area (TPSA) is 37.3 Å². The number of hydrogen-bond acceptors (Lipinski definition) is 2. The molecule has 0 aromatic heterocycles. The zero-order valence-electron chi connectivity index (χ0n) is 5.47. The Hall–Kier alpha value is -0.370. The molecule has 0 radical (unpaired) electrons. The van der Waals surface area contributed by atoms with Crippen LogP contribution in [0.1, 0.15) is 25.7 Å². The standard InChI is InChI=1S/C7H12O2/c8-5-7(6-9)3-1-2-4-7/h5,9H,1-4,6H2. The molecule has 9 heavy (non-hydrogen) atoms. The fourth-order valence-corrected chi connectivity index (χ4v) is 1.39. The van der Waals surface area contributed by atoms with Crippen LogP contribution in [0.2, 0.25) is 0 Å². The minimum Gasteiger partial charge on any atom is -0.395 e. The van der Waals surface area contributed by atoms with Crippen molar-refractivity contribution in [2.24, 2.45) is 5.41 Å². The van der Waals surface area contributed by atoms with E-state index >= 15 is 0 Å². The van der Waals surface area contributed by atoms with Gasteiger partial charge in [-0.25, -0.2) is 0 Å². The Balaban J connectivity index is 2.55. The van der Waals surface area contributed by atoms with Gasteiger partial charge in [-0.3, -0.25) is 0 Å². The molecule has 0 aliphatic heterocycles. The van der Waals surface area contributed by atoms with E-state index in [-0.39, 0.29) is 12.0 Å². The van der Waals surface area contributed by atoms with Crippen LogP contribution < -0.4 is 0 Å². The minimum absolute atomic E-state index is 0.0382. The Morgan fingerprint density at radius 2 is 2.00 bits per heavy atom. The molecule has 0 atom stereocenters. The van der Waals surface area contributed by atoms with Gasteiger partial charge in [0.1, 0.15) is 6.29 Å². The lowest BCUT2D eigenvalue weighted by Gasteiger charge is -2.16. The Kier molecular flexibility index (Phi) is 1.86. The van der Waals surface area contributed by atoms with Gasteiger partial charge in [0.15, 0.2) is 0 Å². The molecule has 0 heterocycles. The molecule has 0 bridgehead atoms. The molecule has 0 amide bonds. The molecule has 1 aliphatic rings. The van der Waals surface area contributed by atoms with Crippen LogP contribution in [0, 0.1) is 5.41 Å². The Bertz CT molecular complexity index is 103. The molecule has 2 heteroatoms. The monoisotopic (exact) mass is 128 g/mol. The number of carbonyl (C=O) groups excluding carboxylic acids is 1. The summed E-state index contributed by atoms with van der Waals surface area (Å²) in [6, 6.07) is 0. The second kappa shape index (κ2) is 2.48. The summed E-state index contributed by atoms with van der Waals surface area (Å²) in [4.78, 5) is 10.4. The van der Waals surface area contributed by atoms with Crippen molar-refractivity contribution >= 4 is 6.29 Å². The molecule has 0 aromatic carbocycles. The molecule has 1 rings (SSSR count). The minimum atomic E-state index is -0.347. The van der Waals surface area contributed by atoms with Crippen molar-refractivity contribution in [2.45, 2.75) is 25.7 Å². The van der Waals surface area contributed by atoms with E-state index < -0.39 is 0 Å². The molecular formula is C7H12O2. The first kappa shape index (κ1) is 6.75. The first-order valence-corrected chi connectivity index (χ1v) is 3.40. The number of aliphatic hydroxyl groups excluding tert-OH is 1. The van der Waals surface area contributed by atoms with Crippen LogP contribution in [0.5, 0.6) is 0 Å². The lowest BCUT2D eigenvalue weighted by molar-refractivity contribution is -0.117. The fourth-order valence-electron chi connectivity index (χ4n) is 1.39. The highest BCUT2D eigenvalue weighted by Crippen LogP contribution is 2.35. The van der Waals surface area contributed by atoms with Crippen molar-refractivity contribution in [2.75, 3.05) is 6.61 Å². The summed E-state index contributed by atoms with van der Waals surface area (Å²) in [5.74, 6) is 0. The van der Waals surface area contributed by atoms with Crippen molar-refractivity contribution in [3.8, 4) is 0 Å². The van der Waals surface area contributed by atoms with Gasteiger partial charge in [-0.15, -0.1) is 0 Å². The Morgan fingerprint density at radius 3 is 2.22 bits per heavy atom. The Labute approximate surface area is 54.9 Å². The second-order valence-corrected chi connectivity index (χ2v) is 2.85. The predicted molar refractivity (Wildman–Crippen MR) is 34.1 cm³/mol. The SMILES string of the molecule is O=CC1(CO)CCCC1. The maximum Gasteiger partial charge on any atom is 0.128 e. The second-order valence-electron chi connectivity index (χ2n) is 2.85. The number of rotatable bonds is 2. The van der Waals surface area contributed by atoms with Crippen molar-refractivity contribution < 1.29 is 9.90 Å². The van der Waals surface area contributed by atoms with Crippen LogP contribution in [0.4, 0.5) is 0 Å². The fraction of sp³-hybridized carbons (Fsp3) is 0.857. The average molecular weight is 128 g/mol. The maximum absolute atomic E-state index is 10.4. The summed E-state index contributed by atoms with van der Waals surface area (Å²) in [6.45, 7) is 0.0382. The van der Waals surface area contributed by atoms with Crippen LogP contribution in [0.15, 0.2) is 0 Å². The summed E-state index contributed by atoms with van der Waals surface area (Å²) < 4.78 is 0. The highest BCUT2D eigenvalue weighted by Gasteiger charge is 2.32. The van der Waals surface area contributed by atoms with Gasteiger partial charge < -0.3 is 9.90 Å². The van der Waals surface area contributed by atoms with Gasteiger partial charge >= 0.3 is 0 Å². The van der Waals surface area contributed by atoms with E-state index in [1.165, 1.54) is 0 Å². The van der Waals surface area contributed by atoms with Crippen molar-refractivity contribution in [1.29, 1.82) is 0 Å². The molecule has 1 saturated carbocycles. The third kappa shape index (κ3) is 1.13. The molecule has 52 valence electrons. The molecule has 0 unspecified atom stereocenters. The van der Waals surface area contributed by atoms with Gasteiger partial charge in [0.25, 0.3) is 0 Å². The van der Waals surface area contributed by atoms with E-state index in [1.54, 1.807) is 0 Å². The average Bonchev–Trinajstić information content (AvgIpc) is 2.36. The summed E-state index contributed by atoms with van der Waals surface area (Å²) in [5, 5.41) is 8.79. The van der Waals surface area contributed by atoms with Gasteiger partial charge in [0.2, 0.25) is 0 Å². The summed E-state index contributed by atoms with van der Waals surface area (Å²) in [5.41, 5.74) is -0.347. The van der Waals surface area contributed by atoms with Crippen molar-refractivity contribution in [3.63, 3.8) is 0 Å².